The third kappa shape index (κ3) is 2.38. The van der Waals surface area contributed by atoms with Crippen LogP contribution in [0.5, 0.6) is 0 Å². The maximum atomic E-state index is 5.91. The smallest absolute Gasteiger partial charge is 0.0293 e. The molecule has 0 saturated heterocycles. The van der Waals surface area contributed by atoms with Crippen molar-refractivity contribution < 1.29 is 0 Å². The largest absolute Gasteiger partial charge is 0.399 e. The van der Waals surface area contributed by atoms with Crippen molar-refractivity contribution in [3.8, 4) is 0 Å². The molecule has 1 aliphatic rings. The number of hydrogen-bond acceptors (Lipinski definition) is 2. The van der Waals surface area contributed by atoms with E-state index in [9.17, 15) is 0 Å². The van der Waals surface area contributed by atoms with E-state index in [1.807, 2.05) is 12.2 Å². The summed E-state index contributed by atoms with van der Waals surface area (Å²) in [6, 6.07) is 0.212. The summed E-state index contributed by atoms with van der Waals surface area (Å²) in [6.07, 6.45) is 8.47. The minimum atomic E-state index is 0.212. The van der Waals surface area contributed by atoms with Crippen molar-refractivity contribution >= 4 is 0 Å². The van der Waals surface area contributed by atoms with Gasteiger partial charge < -0.3 is 11.5 Å². The monoisotopic (exact) mass is 166 g/mol. The summed E-state index contributed by atoms with van der Waals surface area (Å²) in [7, 11) is 0. The van der Waals surface area contributed by atoms with Crippen LogP contribution in [0.2, 0.25) is 0 Å². The first kappa shape index (κ1) is 9.33. The summed E-state index contributed by atoms with van der Waals surface area (Å²) < 4.78 is 0. The van der Waals surface area contributed by atoms with E-state index < -0.39 is 0 Å². The van der Waals surface area contributed by atoms with Crippen molar-refractivity contribution in [1.29, 1.82) is 0 Å². The molecule has 2 heteroatoms. The van der Waals surface area contributed by atoms with Crippen LogP contribution in [0.1, 0.15) is 32.6 Å². The fraction of sp³-hybridized carbons (Fsp3) is 0.600. The summed E-state index contributed by atoms with van der Waals surface area (Å²) in [4.78, 5) is 0. The Morgan fingerprint density at radius 2 is 2.33 bits per heavy atom. The van der Waals surface area contributed by atoms with Gasteiger partial charge in [-0.2, -0.15) is 0 Å². The van der Waals surface area contributed by atoms with E-state index >= 15 is 0 Å². The highest BCUT2D eigenvalue weighted by Gasteiger charge is 2.11. The van der Waals surface area contributed by atoms with Crippen LogP contribution in [-0.4, -0.2) is 6.04 Å². The first-order valence-electron chi connectivity index (χ1n) is 4.65. The number of rotatable bonds is 3. The topological polar surface area (TPSA) is 52.0 Å². The molecular weight excluding hydrogens is 148 g/mol. The van der Waals surface area contributed by atoms with Gasteiger partial charge in [0.25, 0.3) is 0 Å². The summed E-state index contributed by atoms with van der Waals surface area (Å²) in [5.74, 6) is 0. The second kappa shape index (κ2) is 4.31. The first-order valence-corrected chi connectivity index (χ1v) is 4.65. The molecule has 68 valence electrons. The summed E-state index contributed by atoms with van der Waals surface area (Å²) in [5, 5.41) is 0. The highest BCUT2D eigenvalue weighted by molar-refractivity contribution is 5.29. The zero-order valence-corrected chi connectivity index (χ0v) is 7.72. The average Bonchev–Trinajstić information content (AvgIpc) is 2.07. The average molecular weight is 166 g/mol. The van der Waals surface area contributed by atoms with Crippen LogP contribution in [0.15, 0.2) is 23.4 Å². The Bertz CT molecular complexity index is 204. The Kier molecular flexibility index (Phi) is 3.35. The molecule has 1 rings (SSSR count). The number of unbranched alkanes of at least 4 members (excludes halogenated alkanes) is 1. The van der Waals surface area contributed by atoms with Gasteiger partial charge in [0.1, 0.15) is 0 Å². The fourth-order valence-electron chi connectivity index (χ4n) is 1.43. The van der Waals surface area contributed by atoms with E-state index in [-0.39, 0.29) is 6.04 Å². The lowest BCUT2D eigenvalue weighted by Gasteiger charge is -2.18. The number of hydrogen-bond donors (Lipinski definition) is 2. The molecule has 1 atom stereocenters. The Hall–Kier alpha value is -0.760. The molecule has 0 heterocycles. The molecule has 0 amide bonds. The van der Waals surface area contributed by atoms with Gasteiger partial charge in [-0.15, -0.1) is 0 Å². The van der Waals surface area contributed by atoms with Gasteiger partial charge >= 0.3 is 0 Å². The summed E-state index contributed by atoms with van der Waals surface area (Å²) in [6.45, 7) is 2.19. The van der Waals surface area contributed by atoms with E-state index in [2.05, 4.69) is 6.92 Å². The summed E-state index contributed by atoms with van der Waals surface area (Å²) >= 11 is 0. The lowest BCUT2D eigenvalue weighted by Crippen LogP contribution is -2.25. The third-order valence-electron chi connectivity index (χ3n) is 2.25. The van der Waals surface area contributed by atoms with Crippen molar-refractivity contribution in [3.63, 3.8) is 0 Å². The molecule has 0 aromatic heterocycles. The number of allylic oxidation sites excluding steroid dienone is 1. The van der Waals surface area contributed by atoms with E-state index in [0.29, 0.717) is 0 Å². The molecule has 0 fully saturated rings. The molecule has 12 heavy (non-hydrogen) atoms. The Balaban J connectivity index is 2.53. The highest BCUT2D eigenvalue weighted by Crippen LogP contribution is 2.18. The molecule has 0 radical (unpaired) electrons. The minimum Gasteiger partial charge on any atom is -0.399 e. The zero-order chi connectivity index (χ0) is 8.97. The lowest BCUT2D eigenvalue weighted by atomic mass is 9.94. The second-order valence-electron chi connectivity index (χ2n) is 3.37. The molecule has 1 unspecified atom stereocenters. The van der Waals surface area contributed by atoms with Crippen molar-refractivity contribution in [2.24, 2.45) is 11.5 Å². The van der Waals surface area contributed by atoms with Gasteiger partial charge in [0.05, 0.1) is 0 Å². The zero-order valence-electron chi connectivity index (χ0n) is 7.72. The molecule has 0 saturated carbocycles. The van der Waals surface area contributed by atoms with E-state index in [4.69, 9.17) is 11.5 Å². The first-order chi connectivity index (χ1) is 5.74. The van der Waals surface area contributed by atoms with Crippen molar-refractivity contribution in [3.05, 3.63) is 23.4 Å². The van der Waals surface area contributed by atoms with Crippen molar-refractivity contribution in [2.75, 3.05) is 0 Å². The van der Waals surface area contributed by atoms with Crippen LogP contribution in [-0.2, 0) is 0 Å². The van der Waals surface area contributed by atoms with Gasteiger partial charge in [0.2, 0.25) is 0 Å². The molecule has 2 nitrogen and oxygen atoms in total. The van der Waals surface area contributed by atoms with E-state index in [1.165, 1.54) is 18.4 Å². The standard InChI is InChI=1S/C10H18N2/c1-2-3-4-8-7-9(11)5-6-10(8)12/h5,7,10H,2-4,6,11-12H2,1H3. The Morgan fingerprint density at radius 3 is 3.00 bits per heavy atom. The van der Waals surface area contributed by atoms with Crippen LogP contribution in [0.25, 0.3) is 0 Å². The minimum absolute atomic E-state index is 0.212. The Morgan fingerprint density at radius 1 is 1.58 bits per heavy atom. The van der Waals surface area contributed by atoms with Crippen LogP contribution >= 0.6 is 0 Å². The van der Waals surface area contributed by atoms with Gasteiger partial charge in [-0.3, -0.25) is 0 Å². The van der Waals surface area contributed by atoms with Gasteiger partial charge in [0.15, 0.2) is 0 Å². The van der Waals surface area contributed by atoms with E-state index in [1.54, 1.807) is 0 Å². The SMILES string of the molecule is CCCCC1=CC(N)=CCC1N. The fourth-order valence-corrected chi connectivity index (χ4v) is 1.43. The lowest BCUT2D eigenvalue weighted by molar-refractivity contribution is 0.681. The maximum Gasteiger partial charge on any atom is 0.0293 e. The molecule has 0 aromatic rings. The second-order valence-corrected chi connectivity index (χ2v) is 3.37. The maximum absolute atomic E-state index is 5.91. The van der Waals surface area contributed by atoms with Gasteiger partial charge in [0, 0.05) is 11.7 Å². The molecule has 0 bridgehead atoms. The van der Waals surface area contributed by atoms with Crippen molar-refractivity contribution in [2.45, 2.75) is 38.6 Å². The van der Waals surface area contributed by atoms with Gasteiger partial charge in [-0.1, -0.05) is 25.0 Å². The molecule has 4 N–H and O–H groups in total. The summed E-state index contributed by atoms with van der Waals surface area (Å²) in [5.41, 5.74) is 13.8. The van der Waals surface area contributed by atoms with Gasteiger partial charge in [-0.05, 0) is 25.3 Å². The molecule has 0 aromatic carbocycles. The van der Waals surface area contributed by atoms with Crippen LogP contribution in [0, 0.1) is 0 Å². The Labute approximate surface area is 74.3 Å². The van der Waals surface area contributed by atoms with Crippen LogP contribution in [0.3, 0.4) is 0 Å². The van der Waals surface area contributed by atoms with E-state index in [0.717, 1.165) is 18.5 Å². The predicted molar refractivity (Wildman–Crippen MR) is 52.5 cm³/mol. The molecule has 0 spiro atoms. The van der Waals surface area contributed by atoms with Gasteiger partial charge in [-0.25, -0.2) is 0 Å². The normalized spacial score (nSPS) is 23.3. The van der Waals surface area contributed by atoms with Crippen LogP contribution in [0.4, 0.5) is 0 Å². The molecule has 0 aliphatic heterocycles. The number of nitrogens with two attached hydrogens (primary N) is 2. The predicted octanol–water partition coefficient (Wildman–Crippen LogP) is 1.68. The quantitative estimate of drug-likeness (QED) is 0.670. The van der Waals surface area contributed by atoms with Crippen LogP contribution < -0.4 is 11.5 Å². The van der Waals surface area contributed by atoms with Crippen molar-refractivity contribution in [1.82, 2.24) is 0 Å². The molecular formula is C10H18N2. The molecule has 1 aliphatic carbocycles. The highest BCUT2D eigenvalue weighted by atomic mass is 14.7. The third-order valence-corrected chi connectivity index (χ3v) is 2.25.